The fraction of sp³-hybridized carbons (Fsp3) is 0.700. The highest BCUT2D eigenvalue weighted by Crippen LogP contribution is 2.21. The molecule has 2 aliphatic heterocycles. The summed E-state index contributed by atoms with van der Waals surface area (Å²) in [7, 11) is 0. The average molecular weight is 362 g/mol. The first-order chi connectivity index (χ1) is 12.5. The fourth-order valence-corrected chi connectivity index (χ4v) is 3.91. The van der Waals surface area contributed by atoms with Crippen LogP contribution >= 0.6 is 0 Å². The summed E-state index contributed by atoms with van der Waals surface area (Å²) in [4.78, 5) is 26.8. The zero-order chi connectivity index (χ0) is 18.5. The van der Waals surface area contributed by atoms with E-state index in [0.717, 1.165) is 64.2 Å². The van der Waals surface area contributed by atoms with Crippen LogP contribution in [0.2, 0.25) is 0 Å². The van der Waals surface area contributed by atoms with Crippen LogP contribution in [0.4, 0.5) is 0 Å². The van der Waals surface area contributed by atoms with Gasteiger partial charge in [0.25, 0.3) is 5.91 Å². The summed E-state index contributed by atoms with van der Waals surface area (Å²) in [6, 6.07) is 1.90. The topological polar surface area (TPSA) is 71.8 Å². The molecule has 0 radical (unpaired) electrons. The highest BCUT2D eigenvalue weighted by Gasteiger charge is 2.25. The Labute approximate surface area is 155 Å². The van der Waals surface area contributed by atoms with E-state index < -0.39 is 0 Å². The third-order valence-corrected chi connectivity index (χ3v) is 5.58. The fourth-order valence-electron chi connectivity index (χ4n) is 3.91. The molecule has 1 aromatic rings. The first kappa shape index (κ1) is 19.0. The molecular formula is C20H30N2O4. The van der Waals surface area contributed by atoms with Crippen LogP contribution in [0.5, 0.6) is 0 Å². The predicted octanol–water partition coefficient (Wildman–Crippen LogP) is 2.82. The van der Waals surface area contributed by atoms with Crippen molar-refractivity contribution in [3.63, 3.8) is 0 Å². The van der Waals surface area contributed by atoms with Crippen molar-refractivity contribution in [1.29, 1.82) is 0 Å². The summed E-state index contributed by atoms with van der Waals surface area (Å²) >= 11 is 0. The SMILES string of the molecule is Cc1cc(C(=O)NC2CCN(C(=O)CCC3CCOCC3)CC2)c(C)o1. The smallest absolute Gasteiger partial charge is 0.255 e. The summed E-state index contributed by atoms with van der Waals surface area (Å²) in [5.41, 5.74) is 0.609. The van der Waals surface area contributed by atoms with Gasteiger partial charge in [-0.25, -0.2) is 0 Å². The Morgan fingerprint density at radius 3 is 2.46 bits per heavy atom. The lowest BCUT2D eigenvalue weighted by Crippen LogP contribution is -2.46. The second-order valence-electron chi connectivity index (χ2n) is 7.55. The van der Waals surface area contributed by atoms with Gasteiger partial charge in [-0.2, -0.15) is 0 Å². The minimum absolute atomic E-state index is 0.0800. The quantitative estimate of drug-likeness (QED) is 0.874. The molecule has 3 heterocycles. The Balaban J connectivity index is 1.40. The maximum absolute atomic E-state index is 12.4. The summed E-state index contributed by atoms with van der Waals surface area (Å²) < 4.78 is 10.8. The predicted molar refractivity (Wildman–Crippen MR) is 98.0 cm³/mol. The zero-order valence-corrected chi connectivity index (χ0v) is 15.9. The Bertz CT molecular complexity index is 626. The van der Waals surface area contributed by atoms with E-state index in [1.807, 2.05) is 18.7 Å². The number of hydrogen-bond acceptors (Lipinski definition) is 4. The van der Waals surface area contributed by atoms with Gasteiger partial charge in [-0.05, 0) is 57.9 Å². The molecule has 3 rings (SSSR count). The number of rotatable bonds is 5. The van der Waals surface area contributed by atoms with E-state index in [4.69, 9.17) is 9.15 Å². The van der Waals surface area contributed by atoms with Gasteiger partial charge in [-0.15, -0.1) is 0 Å². The lowest BCUT2D eigenvalue weighted by molar-refractivity contribution is -0.132. The van der Waals surface area contributed by atoms with Crippen molar-refractivity contribution < 1.29 is 18.7 Å². The Morgan fingerprint density at radius 2 is 1.85 bits per heavy atom. The van der Waals surface area contributed by atoms with Crippen molar-refractivity contribution in [2.24, 2.45) is 5.92 Å². The molecule has 0 aromatic carbocycles. The highest BCUT2D eigenvalue weighted by molar-refractivity contribution is 5.95. The summed E-state index contributed by atoms with van der Waals surface area (Å²) in [6.45, 7) is 6.76. The van der Waals surface area contributed by atoms with Gasteiger partial charge >= 0.3 is 0 Å². The van der Waals surface area contributed by atoms with Gasteiger partial charge in [0.15, 0.2) is 0 Å². The third-order valence-electron chi connectivity index (χ3n) is 5.58. The van der Waals surface area contributed by atoms with E-state index in [1.165, 1.54) is 0 Å². The van der Waals surface area contributed by atoms with E-state index >= 15 is 0 Å². The number of nitrogens with one attached hydrogen (secondary N) is 1. The van der Waals surface area contributed by atoms with Crippen LogP contribution in [0.1, 0.15) is 60.4 Å². The van der Waals surface area contributed by atoms with Gasteiger partial charge in [-0.3, -0.25) is 9.59 Å². The van der Waals surface area contributed by atoms with E-state index in [2.05, 4.69) is 5.32 Å². The molecule has 0 unspecified atom stereocenters. The number of piperidine rings is 1. The Kier molecular flexibility index (Phi) is 6.35. The van der Waals surface area contributed by atoms with Crippen LogP contribution in [0.25, 0.3) is 0 Å². The van der Waals surface area contributed by atoms with Gasteiger partial charge in [0.1, 0.15) is 11.5 Å². The van der Waals surface area contributed by atoms with E-state index in [0.29, 0.717) is 23.7 Å². The highest BCUT2D eigenvalue weighted by atomic mass is 16.5. The zero-order valence-electron chi connectivity index (χ0n) is 15.9. The molecule has 0 atom stereocenters. The number of nitrogens with zero attached hydrogens (tertiary/aromatic N) is 1. The summed E-state index contributed by atoms with van der Waals surface area (Å²) in [5.74, 6) is 2.20. The number of aryl methyl sites for hydroxylation is 2. The van der Waals surface area contributed by atoms with Crippen molar-refractivity contribution in [2.75, 3.05) is 26.3 Å². The number of likely N-dealkylation sites (tertiary alicyclic amines) is 1. The summed E-state index contributed by atoms with van der Waals surface area (Å²) in [6.07, 6.45) is 5.38. The van der Waals surface area contributed by atoms with Gasteiger partial charge in [0, 0.05) is 38.8 Å². The molecule has 144 valence electrons. The molecule has 2 saturated heterocycles. The van der Waals surface area contributed by atoms with Crippen LogP contribution < -0.4 is 5.32 Å². The van der Waals surface area contributed by atoms with Gasteiger partial charge in [0.05, 0.1) is 5.56 Å². The molecule has 1 N–H and O–H groups in total. The molecule has 0 saturated carbocycles. The van der Waals surface area contributed by atoms with Crippen molar-refractivity contribution >= 4 is 11.8 Å². The van der Waals surface area contributed by atoms with Crippen LogP contribution in [0.15, 0.2) is 10.5 Å². The van der Waals surface area contributed by atoms with Gasteiger partial charge in [0.2, 0.25) is 5.91 Å². The molecule has 0 aliphatic carbocycles. The lowest BCUT2D eigenvalue weighted by atomic mass is 9.94. The van der Waals surface area contributed by atoms with Gasteiger partial charge < -0.3 is 19.4 Å². The van der Waals surface area contributed by atoms with E-state index in [9.17, 15) is 9.59 Å². The number of carbonyl (C=O) groups excluding carboxylic acids is 2. The second kappa shape index (κ2) is 8.71. The number of amides is 2. The number of ether oxygens (including phenoxy) is 1. The Morgan fingerprint density at radius 1 is 1.15 bits per heavy atom. The molecule has 2 fully saturated rings. The molecule has 2 amide bonds. The Hall–Kier alpha value is -1.82. The molecule has 26 heavy (non-hydrogen) atoms. The van der Waals surface area contributed by atoms with Gasteiger partial charge in [-0.1, -0.05) is 0 Å². The van der Waals surface area contributed by atoms with Crippen molar-refractivity contribution in [2.45, 2.75) is 58.4 Å². The molecule has 6 heteroatoms. The molecule has 0 bridgehead atoms. The molecule has 2 aliphatic rings. The number of furan rings is 1. The molecule has 0 spiro atoms. The lowest BCUT2D eigenvalue weighted by Gasteiger charge is -2.33. The summed E-state index contributed by atoms with van der Waals surface area (Å²) in [5, 5.41) is 3.08. The first-order valence-corrected chi connectivity index (χ1v) is 9.76. The minimum Gasteiger partial charge on any atom is -0.466 e. The molecular weight excluding hydrogens is 332 g/mol. The monoisotopic (exact) mass is 362 g/mol. The van der Waals surface area contributed by atoms with Crippen molar-refractivity contribution in [3.05, 3.63) is 23.2 Å². The molecule has 6 nitrogen and oxygen atoms in total. The normalized spacial score (nSPS) is 19.5. The first-order valence-electron chi connectivity index (χ1n) is 9.76. The largest absolute Gasteiger partial charge is 0.466 e. The van der Waals surface area contributed by atoms with Crippen LogP contribution in [-0.2, 0) is 9.53 Å². The van der Waals surface area contributed by atoms with Crippen LogP contribution in [0.3, 0.4) is 0 Å². The maximum Gasteiger partial charge on any atom is 0.255 e. The van der Waals surface area contributed by atoms with Crippen LogP contribution in [0, 0.1) is 19.8 Å². The van der Waals surface area contributed by atoms with Crippen molar-refractivity contribution in [1.82, 2.24) is 10.2 Å². The average Bonchev–Trinajstić information content (AvgIpc) is 2.99. The second-order valence-corrected chi connectivity index (χ2v) is 7.55. The van der Waals surface area contributed by atoms with Crippen LogP contribution in [-0.4, -0.2) is 49.1 Å². The van der Waals surface area contributed by atoms with E-state index in [1.54, 1.807) is 6.07 Å². The maximum atomic E-state index is 12.4. The number of hydrogen-bond donors (Lipinski definition) is 1. The number of carbonyl (C=O) groups is 2. The molecule has 1 aromatic heterocycles. The van der Waals surface area contributed by atoms with Crippen molar-refractivity contribution in [3.8, 4) is 0 Å². The third kappa shape index (κ3) is 4.87. The van der Waals surface area contributed by atoms with E-state index in [-0.39, 0.29) is 17.9 Å². The standard InChI is InChI=1S/C20H30N2O4/c1-14-13-18(15(2)26-14)20(24)21-17-5-9-22(10-6-17)19(23)4-3-16-7-11-25-12-8-16/h13,16-17H,3-12H2,1-2H3,(H,21,24). The minimum atomic E-state index is -0.0800.